The number of imide groups is 1. The highest BCUT2D eigenvalue weighted by Gasteiger charge is 2.37. The van der Waals surface area contributed by atoms with E-state index in [0.717, 1.165) is 38.4 Å². The molecule has 0 unspecified atom stereocenters. The Morgan fingerprint density at radius 2 is 1.69 bits per heavy atom. The lowest BCUT2D eigenvalue weighted by Gasteiger charge is -2.20. The molecule has 1 N–H and O–H groups in total. The Morgan fingerprint density at radius 3 is 2.31 bits per heavy atom. The van der Waals surface area contributed by atoms with Crippen LogP contribution in [0.4, 0.5) is 18.0 Å². The molecule has 6 rings (SSSR count). The fourth-order valence-corrected chi connectivity index (χ4v) is 6.42. The summed E-state index contributed by atoms with van der Waals surface area (Å²) in [6.45, 7) is 0.992. The third kappa shape index (κ3) is 7.32. The first kappa shape index (κ1) is 34.9. The number of ether oxygens (including phenoxy) is 1. The molecule has 3 heterocycles. The molecule has 19 heteroatoms. The maximum Gasteiger partial charge on any atom is 0.435 e. The van der Waals surface area contributed by atoms with Crippen LogP contribution in [0, 0.1) is 12.1 Å². The molecular formula is C32H28F3N7O8S. The van der Waals surface area contributed by atoms with E-state index in [1.807, 2.05) is 6.92 Å². The molecule has 51 heavy (non-hydrogen) atoms. The van der Waals surface area contributed by atoms with Crippen LogP contribution in [0.5, 0.6) is 0 Å². The minimum absolute atomic E-state index is 0.0942. The second kappa shape index (κ2) is 13.7. The summed E-state index contributed by atoms with van der Waals surface area (Å²) in [6.07, 6.45) is -5.19. The molecule has 0 bridgehead atoms. The van der Waals surface area contributed by atoms with Gasteiger partial charge in [0.25, 0.3) is 21.8 Å². The lowest BCUT2D eigenvalue weighted by molar-refractivity contribution is -0.715. The van der Waals surface area contributed by atoms with Gasteiger partial charge in [-0.1, -0.05) is 42.0 Å². The number of hydrogen-bond donors (Lipinski definition) is 1. The van der Waals surface area contributed by atoms with E-state index >= 15 is 0 Å². The molecule has 15 nitrogen and oxygen atoms in total. The second-order valence-electron chi connectivity index (χ2n) is 11.5. The van der Waals surface area contributed by atoms with Crippen LogP contribution >= 0.6 is 0 Å². The van der Waals surface area contributed by atoms with Crippen molar-refractivity contribution in [1.29, 1.82) is 0 Å². The van der Waals surface area contributed by atoms with Gasteiger partial charge in [0.2, 0.25) is 12.0 Å². The maximum atomic E-state index is 13.5. The Kier molecular flexibility index (Phi) is 9.39. The van der Waals surface area contributed by atoms with E-state index in [2.05, 4.69) is 10.4 Å². The fourth-order valence-electron chi connectivity index (χ4n) is 5.53. The zero-order valence-electron chi connectivity index (χ0n) is 26.6. The molecule has 0 saturated carbocycles. The van der Waals surface area contributed by atoms with Gasteiger partial charge >= 0.3 is 12.3 Å². The van der Waals surface area contributed by atoms with Crippen molar-refractivity contribution in [3.8, 4) is 16.9 Å². The number of nitrogens with zero attached hydrogens (tertiary/aromatic N) is 6. The van der Waals surface area contributed by atoms with Gasteiger partial charge in [-0.15, -0.1) is 5.01 Å². The molecule has 3 amide bonds. The van der Waals surface area contributed by atoms with Crippen molar-refractivity contribution in [1.82, 2.24) is 24.4 Å². The monoisotopic (exact) mass is 727 g/mol. The number of alkyl halides is 3. The highest BCUT2D eigenvalue weighted by Crippen LogP contribution is 2.33. The lowest BCUT2D eigenvalue weighted by Crippen LogP contribution is -2.40. The number of aromatic nitrogens is 2. The van der Waals surface area contributed by atoms with Gasteiger partial charge in [0, 0.05) is 5.56 Å². The van der Waals surface area contributed by atoms with E-state index in [4.69, 9.17) is 9.57 Å². The van der Waals surface area contributed by atoms with Crippen molar-refractivity contribution in [2.24, 2.45) is 5.28 Å². The SMILES string of the molecule is Cc1ccc(-c2cc(C(F)(F)F)nn2-c2ccc(S(=O)(=O)NC(=O)OC[C@@H]3CCCN3/[N+]([O-])=N/OCN3C(=O)c4ccccc4C3=O)cc2)cc1. The van der Waals surface area contributed by atoms with Crippen molar-refractivity contribution in [2.75, 3.05) is 19.9 Å². The summed E-state index contributed by atoms with van der Waals surface area (Å²) in [5.74, 6) is -1.20. The largest absolute Gasteiger partial charge is 0.569 e. The van der Waals surface area contributed by atoms with Crippen molar-refractivity contribution >= 4 is 27.9 Å². The number of rotatable bonds is 10. The third-order valence-electron chi connectivity index (χ3n) is 8.12. The molecule has 1 atom stereocenters. The second-order valence-corrected chi connectivity index (χ2v) is 13.2. The van der Waals surface area contributed by atoms with Gasteiger partial charge in [-0.05, 0) is 62.2 Å². The van der Waals surface area contributed by atoms with E-state index in [1.165, 1.54) is 24.3 Å². The molecule has 0 aliphatic carbocycles. The van der Waals surface area contributed by atoms with Crippen LogP contribution in [0.2, 0.25) is 0 Å². The predicted octanol–water partition coefficient (Wildman–Crippen LogP) is 4.81. The summed E-state index contributed by atoms with van der Waals surface area (Å²) in [6, 6.07) is 17.8. The number of hydrazine groups is 1. The number of sulfonamides is 1. The van der Waals surface area contributed by atoms with Crippen LogP contribution in [-0.2, 0) is 25.8 Å². The first-order valence-electron chi connectivity index (χ1n) is 15.3. The Balaban J connectivity index is 1.05. The topological polar surface area (TPSA) is 179 Å². The summed E-state index contributed by atoms with van der Waals surface area (Å²) < 4.78 is 74.4. The molecule has 1 fully saturated rings. The first-order chi connectivity index (χ1) is 24.2. The van der Waals surface area contributed by atoms with E-state index in [0.29, 0.717) is 18.4 Å². The van der Waals surface area contributed by atoms with Crippen molar-refractivity contribution in [2.45, 2.75) is 36.9 Å². The van der Waals surface area contributed by atoms with Crippen molar-refractivity contribution < 1.29 is 50.5 Å². The normalized spacial score (nSPS) is 16.4. The zero-order valence-corrected chi connectivity index (χ0v) is 27.4. The van der Waals surface area contributed by atoms with Crippen LogP contribution in [0.15, 0.2) is 89.0 Å². The quantitative estimate of drug-likeness (QED) is 0.103. The average molecular weight is 728 g/mol. The molecule has 0 spiro atoms. The lowest BCUT2D eigenvalue weighted by atomic mass is 10.1. The third-order valence-corrected chi connectivity index (χ3v) is 9.45. The predicted molar refractivity (Wildman–Crippen MR) is 169 cm³/mol. The molecule has 4 aromatic rings. The van der Waals surface area contributed by atoms with E-state index in [-0.39, 0.29) is 38.9 Å². The van der Waals surface area contributed by atoms with Gasteiger partial charge < -0.3 is 14.8 Å². The molecule has 1 aromatic heterocycles. The number of amides is 3. The minimum Gasteiger partial charge on any atom is -0.569 e. The highest BCUT2D eigenvalue weighted by atomic mass is 32.2. The average Bonchev–Trinajstić information content (AvgIpc) is 3.82. The minimum atomic E-state index is -4.73. The van der Waals surface area contributed by atoms with Crippen molar-refractivity contribution in [3.05, 3.63) is 106 Å². The van der Waals surface area contributed by atoms with Gasteiger partial charge in [-0.3, -0.25) is 9.59 Å². The molecule has 2 aliphatic rings. The number of hydrogen-bond acceptors (Lipinski definition) is 10. The Labute approximate surface area is 288 Å². The van der Waals surface area contributed by atoms with Crippen LogP contribution < -0.4 is 4.72 Å². The summed E-state index contributed by atoms with van der Waals surface area (Å²) in [4.78, 5) is 42.9. The van der Waals surface area contributed by atoms with Crippen LogP contribution in [0.1, 0.15) is 44.8 Å². The van der Waals surface area contributed by atoms with E-state index in [1.54, 1.807) is 41.1 Å². The van der Waals surface area contributed by atoms with Crippen LogP contribution in [0.3, 0.4) is 0 Å². The standard InChI is InChI=1S/C32H28F3N7O8S/c1-20-8-10-21(11-9-20)27-17-28(32(33,34)35)36-41(27)22-12-14-24(15-13-22)51(47,48)37-31(45)49-18-23-5-4-16-40(23)42(46)38-50-19-39-29(43)25-6-2-3-7-26(25)30(39)44/h2-3,6-15,17,23H,4-5,16,18-19H2,1H3,(H,37,45)/b42-38-/t23-/m0/s1. The Hall–Kier alpha value is -5.98. The van der Waals surface area contributed by atoms with Crippen molar-refractivity contribution in [3.63, 3.8) is 0 Å². The number of carbonyl (C=O) groups is 3. The molecule has 3 aromatic carbocycles. The Bertz CT molecular complexity index is 2090. The highest BCUT2D eigenvalue weighted by molar-refractivity contribution is 7.90. The molecule has 266 valence electrons. The number of carbonyl (C=O) groups excluding carboxylic acids is 3. The Morgan fingerprint density at radius 1 is 1.04 bits per heavy atom. The van der Waals surface area contributed by atoms with Gasteiger partial charge in [0.05, 0.1) is 38.9 Å². The van der Waals surface area contributed by atoms with Crippen LogP contribution in [-0.4, -0.2) is 76.9 Å². The van der Waals surface area contributed by atoms with Crippen LogP contribution in [0.25, 0.3) is 16.9 Å². The zero-order chi connectivity index (χ0) is 36.5. The number of fused-ring (bicyclic) bond motifs is 1. The summed E-state index contributed by atoms with van der Waals surface area (Å²) in [5.41, 5.74) is 0.862. The van der Waals surface area contributed by atoms with Gasteiger partial charge in [0.1, 0.15) is 12.6 Å². The molecule has 1 saturated heterocycles. The summed E-state index contributed by atoms with van der Waals surface area (Å²) >= 11 is 0. The first-order valence-corrected chi connectivity index (χ1v) is 16.8. The van der Waals surface area contributed by atoms with Gasteiger partial charge in [0.15, 0.2) is 5.69 Å². The summed E-state index contributed by atoms with van der Waals surface area (Å²) in [7, 11) is -4.49. The van der Waals surface area contributed by atoms with E-state index in [9.17, 15) is 41.2 Å². The number of halogens is 3. The number of benzene rings is 3. The fraction of sp³-hybridized carbons (Fsp3) is 0.250. The maximum absolute atomic E-state index is 13.5. The van der Waals surface area contributed by atoms with E-state index < -0.39 is 59.2 Å². The number of aryl methyl sites for hydroxylation is 1. The molecule has 0 radical (unpaired) electrons. The smallest absolute Gasteiger partial charge is 0.435 e. The number of nitrogens with one attached hydrogen (secondary N) is 1. The van der Waals surface area contributed by atoms with Gasteiger partial charge in [-0.25, -0.2) is 27.5 Å². The van der Waals surface area contributed by atoms with Gasteiger partial charge in [-0.2, -0.15) is 18.3 Å². The molecular weight excluding hydrogens is 699 g/mol. The summed E-state index contributed by atoms with van der Waals surface area (Å²) in [5, 5.41) is 20.9. The molecule has 2 aliphatic heterocycles.